The Hall–Kier alpha value is -2.88. The summed E-state index contributed by atoms with van der Waals surface area (Å²) in [4.78, 5) is 27.0. The average molecular weight is 449 g/mol. The molecule has 166 valence electrons. The average Bonchev–Trinajstić information content (AvgIpc) is 2.71. The highest BCUT2D eigenvalue weighted by Gasteiger charge is 2.38. The van der Waals surface area contributed by atoms with Gasteiger partial charge in [-0.1, -0.05) is 6.92 Å². The normalized spacial score (nSPS) is 20.1. The summed E-state index contributed by atoms with van der Waals surface area (Å²) in [5.74, 6) is -0.471. The van der Waals surface area contributed by atoms with Crippen LogP contribution in [0.3, 0.4) is 0 Å². The van der Waals surface area contributed by atoms with Crippen molar-refractivity contribution in [2.45, 2.75) is 32.2 Å². The second-order valence-corrected chi connectivity index (χ2v) is 9.98. The lowest BCUT2D eigenvalue weighted by Crippen LogP contribution is -2.50. The monoisotopic (exact) mass is 448 g/mol. The molecule has 0 saturated carbocycles. The van der Waals surface area contributed by atoms with Crippen LogP contribution in [0.15, 0.2) is 41.2 Å². The molecule has 2 aromatic rings. The number of hydrogen-bond acceptors (Lipinski definition) is 4. The number of benzene rings is 1. The maximum absolute atomic E-state index is 13.1. The molecule has 0 aliphatic carbocycles. The number of urea groups is 1. The molecule has 1 aromatic carbocycles. The standard InChI is InChI=1S/C21H25FN4O4S/c1-2-9-31(29,30)24-18-7-8-19(27)26-12-14-10-15(20(18)26)13-25(11-14)21(28)23-17-5-3-16(22)4-6-17/h3-8,14-15,24H,2,9-13H2,1H3,(H,23,28). The Kier molecular flexibility index (Phi) is 5.74. The number of aromatic nitrogens is 1. The Morgan fingerprint density at radius 2 is 1.87 bits per heavy atom. The van der Waals surface area contributed by atoms with Crippen molar-refractivity contribution in [3.63, 3.8) is 0 Å². The van der Waals surface area contributed by atoms with Gasteiger partial charge in [0.2, 0.25) is 10.0 Å². The minimum atomic E-state index is -3.52. The van der Waals surface area contributed by atoms with Gasteiger partial charge in [-0.15, -0.1) is 0 Å². The molecular weight excluding hydrogens is 423 g/mol. The zero-order chi connectivity index (χ0) is 22.2. The summed E-state index contributed by atoms with van der Waals surface area (Å²) in [6.07, 6.45) is 1.25. The summed E-state index contributed by atoms with van der Waals surface area (Å²) in [5, 5.41) is 2.77. The van der Waals surface area contributed by atoms with Gasteiger partial charge >= 0.3 is 6.03 Å². The van der Waals surface area contributed by atoms with E-state index in [1.165, 1.54) is 36.4 Å². The second-order valence-electron chi connectivity index (χ2n) is 8.14. The van der Waals surface area contributed by atoms with Crippen molar-refractivity contribution in [1.29, 1.82) is 0 Å². The second kappa shape index (κ2) is 8.33. The lowest BCUT2D eigenvalue weighted by Gasteiger charge is -2.43. The quantitative estimate of drug-likeness (QED) is 0.735. The summed E-state index contributed by atoms with van der Waals surface area (Å²) in [6, 6.07) is 8.13. The van der Waals surface area contributed by atoms with Gasteiger partial charge in [-0.3, -0.25) is 9.52 Å². The third-order valence-electron chi connectivity index (χ3n) is 5.71. The van der Waals surface area contributed by atoms with Crippen LogP contribution in [0.4, 0.5) is 20.6 Å². The van der Waals surface area contributed by atoms with E-state index in [0.29, 0.717) is 43.1 Å². The van der Waals surface area contributed by atoms with Crippen LogP contribution >= 0.6 is 0 Å². The first kappa shape index (κ1) is 21.4. The van der Waals surface area contributed by atoms with Gasteiger partial charge in [0.15, 0.2) is 0 Å². The Labute approximate surface area is 180 Å². The van der Waals surface area contributed by atoms with Gasteiger partial charge in [-0.25, -0.2) is 17.6 Å². The highest BCUT2D eigenvalue weighted by Crippen LogP contribution is 2.39. The van der Waals surface area contributed by atoms with Gasteiger partial charge in [0.1, 0.15) is 5.82 Å². The zero-order valence-electron chi connectivity index (χ0n) is 17.2. The topological polar surface area (TPSA) is 101 Å². The van der Waals surface area contributed by atoms with E-state index in [9.17, 15) is 22.4 Å². The van der Waals surface area contributed by atoms with Crippen molar-refractivity contribution in [2.75, 3.05) is 28.9 Å². The Balaban J connectivity index is 1.59. The molecule has 2 aliphatic rings. The number of fused-ring (bicyclic) bond motifs is 4. The van der Waals surface area contributed by atoms with Crippen LogP contribution in [0.2, 0.25) is 0 Å². The van der Waals surface area contributed by atoms with E-state index < -0.39 is 10.0 Å². The largest absolute Gasteiger partial charge is 0.324 e. The van der Waals surface area contributed by atoms with Crippen molar-refractivity contribution < 1.29 is 17.6 Å². The first-order valence-electron chi connectivity index (χ1n) is 10.3. The molecule has 1 saturated heterocycles. The van der Waals surface area contributed by atoms with E-state index in [1.54, 1.807) is 16.4 Å². The van der Waals surface area contributed by atoms with Crippen LogP contribution in [0, 0.1) is 11.7 Å². The summed E-state index contributed by atoms with van der Waals surface area (Å²) in [6.45, 7) is 3.05. The number of likely N-dealkylation sites (tertiary alicyclic amines) is 1. The molecule has 2 bridgehead atoms. The lowest BCUT2D eigenvalue weighted by molar-refractivity contribution is 0.140. The summed E-state index contributed by atoms with van der Waals surface area (Å²) in [7, 11) is -3.52. The predicted molar refractivity (Wildman–Crippen MR) is 116 cm³/mol. The molecule has 2 N–H and O–H groups in total. The molecular formula is C21H25FN4O4S. The molecule has 2 aliphatic heterocycles. The number of nitrogens with one attached hydrogen (secondary N) is 2. The van der Waals surface area contributed by atoms with Crippen molar-refractivity contribution in [1.82, 2.24) is 9.47 Å². The van der Waals surface area contributed by atoms with Crippen LogP contribution in [-0.2, 0) is 16.6 Å². The van der Waals surface area contributed by atoms with E-state index in [-0.39, 0.29) is 35.0 Å². The molecule has 1 fully saturated rings. The molecule has 2 amide bonds. The van der Waals surface area contributed by atoms with Gasteiger partial charge in [0, 0.05) is 37.3 Å². The minimum Gasteiger partial charge on any atom is -0.324 e. The van der Waals surface area contributed by atoms with E-state index in [0.717, 1.165) is 6.42 Å². The van der Waals surface area contributed by atoms with Gasteiger partial charge < -0.3 is 14.8 Å². The number of halogens is 1. The van der Waals surface area contributed by atoms with Gasteiger partial charge in [-0.2, -0.15) is 0 Å². The fraction of sp³-hybridized carbons (Fsp3) is 0.429. The zero-order valence-corrected chi connectivity index (χ0v) is 18.0. The number of rotatable bonds is 5. The van der Waals surface area contributed by atoms with Crippen LogP contribution in [-0.4, -0.2) is 42.8 Å². The number of piperidine rings is 1. The number of carbonyl (C=O) groups excluding carboxylic acids is 1. The lowest BCUT2D eigenvalue weighted by atomic mass is 9.82. The third-order valence-corrected chi connectivity index (χ3v) is 7.19. The van der Waals surface area contributed by atoms with Crippen molar-refractivity contribution in [2.24, 2.45) is 5.92 Å². The fourth-order valence-electron chi connectivity index (χ4n) is 4.49. The molecule has 2 atom stereocenters. The molecule has 3 heterocycles. The Bertz CT molecular complexity index is 1150. The van der Waals surface area contributed by atoms with Gasteiger partial charge in [0.25, 0.3) is 5.56 Å². The Morgan fingerprint density at radius 1 is 1.13 bits per heavy atom. The SMILES string of the molecule is CCCS(=O)(=O)Nc1ccc(=O)n2c1C1CC(CN(C(=O)Nc3ccc(F)cc3)C1)C2. The van der Waals surface area contributed by atoms with Gasteiger partial charge in [-0.05, 0) is 49.1 Å². The van der Waals surface area contributed by atoms with Gasteiger partial charge in [0.05, 0.1) is 17.1 Å². The van der Waals surface area contributed by atoms with Crippen LogP contribution in [0.25, 0.3) is 0 Å². The number of anilines is 2. The van der Waals surface area contributed by atoms with E-state index in [1.807, 2.05) is 0 Å². The number of pyridine rings is 1. The molecule has 1 aromatic heterocycles. The smallest absolute Gasteiger partial charge is 0.321 e. The van der Waals surface area contributed by atoms with E-state index >= 15 is 0 Å². The highest BCUT2D eigenvalue weighted by molar-refractivity contribution is 7.92. The van der Waals surface area contributed by atoms with Crippen molar-refractivity contribution >= 4 is 27.4 Å². The predicted octanol–water partition coefficient (Wildman–Crippen LogP) is 2.79. The number of hydrogen-bond donors (Lipinski definition) is 2. The molecule has 4 rings (SSSR count). The molecule has 0 radical (unpaired) electrons. The van der Waals surface area contributed by atoms with Crippen LogP contribution < -0.4 is 15.6 Å². The fourth-order valence-corrected chi connectivity index (χ4v) is 5.64. The first-order valence-corrected chi connectivity index (χ1v) is 12.0. The van der Waals surface area contributed by atoms with Crippen molar-refractivity contribution in [3.05, 3.63) is 58.3 Å². The maximum atomic E-state index is 13.1. The first-order chi connectivity index (χ1) is 14.8. The molecule has 2 unspecified atom stereocenters. The third kappa shape index (κ3) is 4.58. The number of amides is 2. The maximum Gasteiger partial charge on any atom is 0.321 e. The van der Waals surface area contributed by atoms with Crippen LogP contribution in [0.5, 0.6) is 0 Å². The summed E-state index contributed by atoms with van der Waals surface area (Å²) >= 11 is 0. The molecule has 31 heavy (non-hydrogen) atoms. The van der Waals surface area contributed by atoms with Crippen molar-refractivity contribution in [3.8, 4) is 0 Å². The minimum absolute atomic E-state index is 0.00887. The molecule has 10 heteroatoms. The van der Waals surface area contributed by atoms with E-state index in [4.69, 9.17) is 0 Å². The summed E-state index contributed by atoms with van der Waals surface area (Å²) in [5.41, 5.74) is 1.35. The number of nitrogens with zero attached hydrogens (tertiary/aromatic N) is 2. The van der Waals surface area contributed by atoms with E-state index in [2.05, 4.69) is 10.0 Å². The number of sulfonamides is 1. The Morgan fingerprint density at radius 3 is 2.58 bits per heavy atom. The summed E-state index contributed by atoms with van der Waals surface area (Å²) < 4.78 is 42.1. The molecule has 8 nitrogen and oxygen atoms in total. The molecule has 0 spiro atoms. The number of carbonyl (C=O) groups is 1. The van der Waals surface area contributed by atoms with Crippen LogP contribution in [0.1, 0.15) is 31.4 Å². The highest BCUT2D eigenvalue weighted by atomic mass is 32.2.